The molecule has 1 aromatic rings. The highest BCUT2D eigenvalue weighted by Gasteiger charge is 2.04. The van der Waals surface area contributed by atoms with Gasteiger partial charge in [0.25, 0.3) is 5.56 Å². The van der Waals surface area contributed by atoms with Crippen molar-refractivity contribution >= 4 is 5.82 Å². The highest BCUT2D eigenvalue weighted by molar-refractivity contribution is 5.30. The molecule has 0 radical (unpaired) electrons. The maximum Gasteiger partial charge on any atom is 0.293 e. The van der Waals surface area contributed by atoms with Crippen LogP contribution in [-0.2, 0) is 7.05 Å². The van der Waals surface area contributed by atoms with Crippen molar-refractivity contribution in [1.82, 2.24) is 9.55 Å². The van der Waals surface area contributed by atoms with E-state index in [1.807, 2.05) is 0 Å². The first-order valence-corrected chi connectivity index (χ1v) is 5.16. The Labute approximate surface area is 89.3 Å². The summed E-state index contributed by atoms with van der Waals surface area (Å²) < 4.78 is 1.49. The Bertz CT molecular complexity index is 361. The van der Waals surface area contributed by atoms with Gasteiger partial charge in [-0.3, -0.25) is 4.79 Å². The zero-order valence-electron chi connectivity index (χ0n) is 9.23. The maximum atomic E-state index is 11.5. The highest BCUT2D eigenvalue weighted by Crippen LogP contribution is 1.96. The van der Waals surface area contributed by atoms with Crippen LogP contribution in [0.1, 0.15) is 19.8 Å². The first-order chi connectivity index (χ1) is 7.15. The first kappa shape index (κ1) is 11.7. The Kier molecular flexibility index (Phi) is 4.30. The van der Waals surface area contributed by atoms with E-state index in [2.05, 4.69) is 17.2 Å². The standard InChI is InChI=1S/C10H18N4O/c1-3-4-8(11)7-13-9-10(15)14(2)6-5-12-9/h5-6,8H,3-4,7,11H2,1-2H3,(H,12,13). The third-order valence-corrected chi connectivity index (χ3v) is 2.21. The minimum atomic E-state index is -0.124. The fraction of sp³-hybridized carbons (Fsp3) is 0.600. The van der Waals surface area contributed by atoms with Gasteiger partial charge in [-0.15, -0.1) is 0 Å². The largest absolute Gasteiger partial charge is 0.364 e. The monoisotopic (exact) mass is 210 g/mol. The summed E-state index contributed by atoms with van der Waals surface area (Å²) in [7, 11) is 1.70. The summed E-state index contributed by atoms with van der Waals surface area (Å²) in [4.78, 5) is 15.5. The predicted octanol–water partition coefficient (Wildman–Crippen LogP) is 0.320. The summed E-state index contributed by atoms with van der Waals surface area (Å²) in [5, 5.41) is 2.97. The summed E-state index contributed by atoms with van der Waals surface area (Å²) in [6.07, 6.45) is 5.21. The minimum absolute atomic E-state index is 0.0710. The second kappa shape index (κ2) is 5.50. The molecule has 0 amide bonds. The summed E-state index contributed by atoms with van der Waals surface area (Å²) in [5.41, 5.74) is 5.70. The van der Waals surface area contributed by atoms with Gasteiger partial charge in [0.15, 0.2) is 5.82 Å². The summed E-state index contributed by atoms with van der Waals surface area (Å²) >= 11 is 0. The number of anilines is 1. The molecular formula is C10H18N4O. The third kappa shape index (κ3) is 3.36. The van der Waals surface area contributed by atoms with Gasteiger partial charge < -0.3 is 15.6 Å². The van der Waals surface area contributed by atoms with Gasteiger partial charge in [-0.25, -0.2) is 4.98 Å². The molecule has 1 aromatic heterocycles. The molecule has 84 valence electrons. The van der Waals surface area contributed by atoms with Crippen molar-refractivity contribution in [3.05, 3.63) is 22.7 Å². The molecule has 1 unspecified atom stereocenters. The van der Waals surface area contributed by atoms with E-state index in [9.17, 15) is 4.79 Å². The van der Waals surface area contributed by atoms with Gasteiger partial charge in [0.1, 0.15) is 0 Å². The highest BCUT2D eigenvalue weighted by atomic mass is 16.1. The van der Waals surface area contributed by atoms with E-state index >= 15 is 0 Å². The van der Waals surface area contributed by atoms with Crippen LogP contribution >= 0.6 is 0 Å². The molecule has 15 heavy (non-hydrogen) atoms. The number of rotatable bonds is 5. The number of hydrogen-bond acceptors (Lipinski definition) is 4. The molecule has 0 saturated carbocycles. The zero-order chi connectivity index (χ0) is 11.3. The van der Waals surface area contributed by atoms with Crippen LogP contribution in [0.5, 0.6) is 0 Å². The van der Waals surface area contributed by atoms with Crippen LogP contribution in [0.15, 0.2) is 17.2 Å². The van der Waals surface area contributed by atoms with E-state index in [-0.39, 0.29) is 11.6 Å². The van der Waals surface area contributed by atoms with E-state index in [0.29, 0.717) is 12.4 Å². The Morgan fingerprint density at radius 1 is 1.67 bits per heavy atom. The molecule has 5 nitrogen and oxygen atoms in total. The van der Waals surface area contributed by atoms with Crippen molar-refractivity contribution in [3.63, 3.8) is 0 Å². The molecule has 1 heterocycles. The minimum Gasteiger partial charge on any atom is -0.364 e. The predicted molar refractivity (Wildman–Crippen MR) is 60.9 cm³/mol. The summed E-state index contributed by atoms with van der Waals surface area (Å²) in [6, 6.07) is 0.0710. The number of nitrogens with zero attached hydrogens (tertiary/aromatic N) is 2. The number of hydrogen-bond donors (Lipinski definition) is 2. The van der Waals surface area contributed by atoms with Crippen molar-refractivity contribution in [2.45, 2.75) is 25.8 Å². The SMILES string of the molecule is CCCC(N)CNc1nccn(C)c1=O. The van der Waals surface area contributed by atoms with Crippen LogP contribution < -0.4 is 16.6 Å². The van der Waals surface area contributed by atoms with Gasteiger partial charge >= 0.3 is 0 Å². The van der Waals surface area contributed by atoms with Crippen LogP contribution in [0.4, 0.5) is 5.82 Å². The van der Waals surface area contributed by atoms with Gasteiger partial charge in [-0.05, 0) is 6.42 Å². The number of aromatic nitrogens is 2. The maximum absolute atomic E-state index is 11.5. The molecular weight excluding hydrogens is 192 g/mol. The average Bonchev–Trinajstić information content (AvgIpc) is 2.21. The quantitative estimate of drug-likeness (QED) is 0.734. The Balaban J connectivity index is 2.58. The van der Waals surface area contributed by atoms with Crippen LogP contribution in [0, 0.1) is 0 Å². The molecule has 1 atom stereocenters. The first-order valence-electron chi connectivity index (χ1n) is 5.16. The molecule has 0 saturated heterocycles. The second-order valence-corrected chi connectivity index (χ2v) is 3.62. The Hall–Kier alpha value is -1.36. The molecule has 3 N–H and O–H groups in total. The molecule has 0 aliphatic rings. The van der Waals surface area contributed by atoms with E-state index in [0.717, 1.165) is 12.8 Å². The van der Waals surface area contributed by atoms with Gasteiger partial charge in [0.2, 0.25) is 0 Å². The van der Waals surface area contributed by atoms with Crippen molar-refractivity contribution in [1.29, 1.82) is 0 Å². The lowest BCUT2D eigenvalue weighted by Gasteiger charge is -2.11. The van der Waals surface area contributed by atoms with Gasteiger partial charge in [0.05, 0.1) is 0 Å². The fourth-order valence-corrected chi connectivity index (χ4v) is 1.32. The van der Waals surface area contributed by atoms with Crippen molar-refractivity contribution < 1.29 is 0 Å². The second-order valence-electron chi connectivity index (χ2n) is 3.62. The Morgan fingerprint density at radius 3 is 3.07 bits per heavy atom. The van der Waals surface area contributed by atoms with Crippen molar-refractivity contribution in [3.8, 4) is 0 Å². The molecule has 0 bridgehead atoms. The van der Waals surface area contributed by atoms with E-state index in [4.69, 9.17) is 5.73 Å². The van der Waals surface area contributed by atoms with Gasteiger partial charge in [-0.1, -0.05) is 13.3 Å². The normalized spacial score (nSPS) is 12.5. The molecule has 0 aliphatic heterocycles. The van der Waals surface area contributed by atoms with Crippen LogP contribution in [0.2, 0.25) is 0 Å². The van der Waals surface area contributed by atoms with E-state index in [1.54, 1.807) is 19.4 Å². The molecule has 0 aromatic carbocycles. The van der Waals surface area contributed by atoms with E-state index in [1.165, 1.54) is 4.57 Å². The summed E-state index contributed by atoms with van der Waals surface area (Å²) in [5.74, 6) is 0.367. The number of nitrogens with two attached hydrogens (primary N) is 1. The average molecular weight is 210 g/mol. The smallest absolute Gasteiger partial charge is 0.293 e. The third-order valence-electron chi connectivity index (χ3n) is 2.21. The molecule has 0 spiro atoms. The molecule has 0 fully saturated rings. The molecule has 0 aliphatic carbocycles. The lowest BCUT2D eigenvalue weighted by Crippen LogP contribution is -2.32. The van der Waals surface area contributed by atoms with Gasteiger partial charge in [0, 0.05) is 32.0 Å². The lowest BCUT2D eigenvalue weighted by atomic mass is 10.2. The van der Waals surface area contributed by atoms with Crippen molar-refractivity contribution in [2.75, 3.05) is 11.9 Å². The molecule has 5 heteroatoms. The van der Waals surface area contributed by atoms with Crippen LogP contribution in [-0.4, -0.2) is 22.1 Å². The fourth-order valence-electron chi connectivity index (χ4n) is 1.32. The number of aryl methyl sites for hydroxylation is 1. The molecule has 1 rings (SSSR count). The van der Waals surface area contributed by atoms with Gasteiger partial charge in [-0.2, -0.15) is 0 Å². The zero-order valence-corrected chi connectivity index (χ0v) is 9.23. The summed E-state index contributed by atoms with van der Waals surface area (Å²) in [6.45, 7) is 2.67. The van der Waals surface area contributed by atoms with E-state index < -0.39 is 0 Å². The lowest BCUT2D eigenvalue weighted by molar-refractivity contribution is 0.625. The topological polar surface area (TPSA) is 72.9 Å². The Morgan fingerprint density at radius 2 is 2.40 bits per heavy atom. The number of nitrogens with one attached hydrogen (secondary N) is 1. The van der Waals surface area contributed by atoms with Crippen LogP contribution in [0.3, 0.4) is 0 Å². The van der Waals surface area contributed by atoms with Crippen LogP contribution in [0.25, 0.3) is 0 Å². The van der Waals surface area contributed by atoms with Crippen molar-refractivity contribution in [2.24, 2.45) is 12.8 Å².